The monoisotopic (exact) mass is 383 g/mol. The van der Waals surface area contributed by atoms with Gasteiger partial charge in [-0.05, 0) is 61.7 Å². The van der Waals surface area contributed by atoms with Crippen LogP contribution in [0.2, 0.25) is 0 Å². The summed E-state index contributed by atoms with van der Waals surface area (Å²) in [5, 5.41) is 2.68. The number of hydrogen-bond acceptors (Lipinski definition) is 5. The Balaban J connectivity index is 1.70. The number of nitrogens with one attached hydrogen (secondary N) is 1. The number of unbranched alkanes of at least 4 members (excludes halogenated alkanes) is 1. The molecule has 0 atom stereocenters. The van der Waals surface area contributed by atoms with Gasteiger partial charge < -0.3 is 14.8 Å². The minimum atomic E-state index is -0.652. The molecule has 0 heterocycles. The minimum absolute atomic E-state index is 0.0485. The highest BCUT2D eigenvalue weighted by atomic mass is 16.6. The summed E-state index contributed by atoms with van der Waals surface area (Å²) in [5.41, 5.74) is 2.44. The standard InChI is InChI=1S/C22H25NO5/c1-3-4-5-17-6-10-19(11-7-17)23-21(25)14-28-22(26)15-27-20-12-8-18(9-13-20)16(2)24/h6-13H,3-5,14-15H2,1-2H3,(H,23,25). The molecule has 6 heteroatoms. The maximum Gasteiger partial charge on any atom is 0.344 e. The minimum Gasteiger partial charge on any atom is -0.482 e. The number of carbonyl (C=O) groups is 3. The first-order chi connectivity index (χ1) is 13.5. The molecule has 0 aliphatic rings. The molecular weight excluding hydrogens is 358 g/mol. The van der Waals surface area contributed by atoms with E-state index in [4.69, 9.17) is 9.47 Å². The second kappa shape index (κ2) is 10.9. The number of carbonyl (C=O) groups excluding carboxylic acids is 3. The predicted octanol–water partition coefficient (Wildman–Crippen LogP) is 3.79. The van der Waals surface area contributed by atoms with Crippen LogP contribution in [0.5, 0.6) is 5.75 Å². The number of esters is 1. The summed E-state index contributed by atoms with van der Waals surface area (Å²) in [6.07, 6.45) is 3.28. The third-order valence-corrected chi connectivity index (χ3v) is 4.04. The van der Waals surface area contributed by atoms with E-state index in [1.807, 2.05) is 24.3 Å². The smallest absolute Gasteiger partial charge is 0.344 e. The molecule has 0 aromatic heterocycles. The first kappa shape index (κ1) is 21.2. The van der Waals surface area contributed by atoms with Crippen LogP contribution < -0.4 is 10.1 Å². The second-order valence-electron chi connectivity index (χ2n) is 6.38. The van der Waals surface area contributed by atoms with Gasteiger partial charge in [-0.2, -0.15) is 0 Å². The average Bonchev–Trinajstić information content (AvgIpc) is 2.70. The number of anilines is 1. The van der Waals surface area contributed by atoms with Crippen LogP contribution in [-0.4, -0.2) is 30.9 Å². The van der Waals surface area contributed by atoms with E-state index in [9.17, 15) is 14.4 Å². The lowest BCUT2D eigenvalue weighted by molar-refractivity contribution is -0.149. The van der Waals surface area contributed by atoms with E-state index in [1.165, 1.54) is 12.5 Å². The van der Waals surface area contributed by atoms with Crippen molar-refractivity contribution in [1.29, 1.82) is 0 Å². The van der Waals surface area contributed by atoms with Crippen molar-refractivity contribution in [2.24, 2.45) is 0 Å². The largest absolute Gasteiger partial charge is 0.482 e. The molecule has 2 aromatic carbocycles. The van der Waals surface area contributed by atoms with Crippen molar-refractivity contribution in [2.45, 2.75) is 33.1 Å². The van der Waals surface area contributed by atoms with Gasteiger partial charge >= 0.3 is 5.97 Å². The molecule has 6 nitrogen and oxygen atoms in total. The number of ketones is 1. The van der Waals surface area contributed by atoms with Gasteiger partial charge in [0.15, 0.2) is 19.0 Å². The molecule has 0 bridgehead atoms. The Kier molecular flexibility index (Phi) is 8.21. The van der Waals surface area contributed by atoms with Crippen LogP contribution in [0.25, 0.3) is 0 Å². The summed E-state index contributed by atoms with van der Waals surface area (Å²) < 4.78 is 10.2. The molecule has 148 valence electrons. The molecule has 0 aliphatic heterocycles. The summed E-state index contributed by atoms with van der Waals surface area (Å²) in [4.78, 5) is 34.8. The lowest BCUT2D eigenvalue weighted by Crippen LogP contribution is -2.23. The molecule has 28 heavy (non-hydrogen) atoms. The van der Waals surface area contributed by atoms with Crippen LogP contribution in [0.4, 0.5) is 5.69 Å². The zero-order valence-electron chi connectivity index (χ0n) is 16.2. The van der Waals surface area contributed by atoms with Crippen molar-refractivity contribution in [3.63, 3.8) is 0 Å². The molecule has 0 aliphatic carbocycles. The van der Waals surface area contributed by atoms with Gasteiger partial charge in [0.2, 0.25) is 0 Å². The van der Waals surface area contributed by atoms with Crippen molar-refractivity contribution >= 4 is 23.3 Å². The Morgan fingerprint density at radius 2 is 1.61 bits per heavy atom. The van der Waals surface area contributed by atoms with E-state index in [1.54, 1.807) is 24.3 Å². The highest BCUT2D eigenvalue weighted by Crippen LogP contribution is 2.13. The van der Waals surface area contributed by atoms with Gasteiger partial charge in [0.1, 0.15) is 5.75 Å². The first-order valence-electron chi connectivity index (χ1n) is 9.26. The fourth-order valence-electron chi connectivity index (χ4n) is 2.45. The molecule has 0 fully saturated rings. The highest BCUT2D eigenvalue weighted by molar-refractivity contribution is 5.94. The Labute approximate surface area is 164 Å². The second-order valence-corrected chi connectivity index (χ2v) is 6.38. The quantitative estimate of drug-likeness (QED) is 0.499. The summed E-state index contributed by atoms with van der Waals surface area (Å²) in [6, 6.07) is 14.0. The van der Waals surface area contributed by atoms with Crippen LogP contribution in [0.15, 0.2) is 48.5 Å². The normalized spacial score (nSPS) is 10.2. The molecule has 0 spiro atoms. The fraction of sp³-hybridized carbons (Fsp3) is 0.318. The van der Waals surface area contributed by atoms with Crippen LogP contribution in [0.3, 0.4) is 0 Å². The summed E-state index contributed by atoms with van der Waals surface area (Å²) in [5.74, 6) is -0.677. The number of aryl methyl sites for hydroxylation is 1. The van der Waals surface area contributed by atoms with Crippen molar-refractivity contribution < 1.29 is 23.9 Å². The van der Waals surface area contributed by atoms with E-state index in [2.05, 4.69) is 12.2 Å². The van der Waals surface area contributed by atoms with E-state index in [0.29, 0.717) is 17.0 Å². The molecule has 0 unspecified atom stereocenters. The topological polar surface area (TPSA) is 81.7 Å². The zero-order valence-corrected chi connectivity index (χ0v) is 16.2. The number of Topliss-reactive ketones (excluding diaryl/α,β-unsaturated/α-hetero) is 1. The SMILES string of the molecule is CCCCc1ccc(NC(=O)COC(=O)COc2ccc(C(C)=O)cc2)cc1. The Morgan fingerprint density at radius 3 is 2.21 bits per heavy atom. The van der Waals surface area contributed by atoms with E-state index in [0.717, 1.165) is 19.3 Å². The highest BCUT2D eigenvalue weighted by Gasteiger charge is 2.09. The number of benzene rings is 2. The van der Waals surface area contributed by atoms with Crippen LogP contribution >= 0.6 is 0 Å². The molecule has 1 amide bonds. The van der Waals surface area contributed by atoms with Gasteiger partial charge in [0.25, 0.3) is 5.91 Å². The van der Waals surface area contributed by atoms with Gasteiger partial charge in [0, 0.05) is 11.3 Å². The number of ether oxygens (including phenoxy) is 2. The van der Waals surface area contributed by atoms with Crippen LogP contribution in [0.1, 0.15) is 42.6 Å². The molecule has 1 N–H and O–H groups in total. The van der Waals surface area contributed by atoms with Gasteiger partial charge in [-0.25, -0.2) is 4.79 Å². The number of hydrogen-bond donors (Lipinski definition) is 1. The lowest BCUT2D eigenvalue weighted by Gasteiger charge is -2.09. The van der Waals surface area contributed by atoms with Crippen molar-refractivity contribution in [2.75, 3.05) is 18.5 Å². The summed E-state index contributed by atoms with van der Waals surface area (Å²) in [6.45, 7) is 2.91. The molecule has 0 saturated carbocycles. The predicted molar refractivity (Wildman–Crippen MR) is 107 cm³/mol. The molecular formula is C22H25NO5. The van der Waals surface area contributed by atoms with Gasteiger partial charge in [-0.15, -0.1) is 0 Å². The molecule has 2 aromatic rings. The van der Waals surface area contributed by atoms with Gasteiger partial charge in [0.05, 0.1) is 0 Å². The van der Waals surface area contributed by atoms with Crippen molar-refractivity contribution in [1.82, 2.24) is 0 Å². The molecule has 0 radical (unpaired) electrons. The van der Waals surface area contributed by atoms with E-state index in [-0.39, 0.29) is 19.0 Å². The van der Waals surface area contributed by atoms with Gasteiger partial charge in [-0.1, -0.05) is 25.5 Å². The third kappa shape index (κ3) is 7.23. The third-order valence-electron chi connectivity index (χ3n) is 4.04. The van der Waals surface area contributed by atoms with Crippen LogP contribution in [-0.2, 0) is 20.7 Å². The maximum atomic E-state index is 11.9. The molecule has 2 rings (SSSR count). The van der Waals surface area contributed by atoms with Crippen molar-refractivity contribution in [3.05, 3.63) is 59.7 Å². The Morgan fingerprint density at radius 1 is 0.929 bits per heavy atom. The number of amides is 1. The first-order valence-corrected chi connectivity index (χ1v) is 9.26. The summed E-state index contributed by atoms with van der Waals surface area (Å²) in [7, 11) is 0. The maximum absolute atomic E-state index is 11.9. The average molecular weight is 383 g/mol. The molecule has 0 saturated heterocycles. The summed E-state index contributed by atoms with van der Waals surface area (Å²) >= 11 is 0. The van der Waals surface area contributed by atoms with Gasteiger partial charge in [-0.3, -0.25) is 9.59 Å². The Hall–Kier alpha value is -3.15. The zero-order chi connectivity index (χ0) is 20.4. The van der Waals surface area contributed by atoms with Crippen molar-refractivity contribution in [3.8, 4) is 5.75 Å². The van der Waals surface area contributed by atoms with E-state index < -0.39 is 11.9 Å². The number of rotatable bonds is 10. The fourth-order valence-corrected chi connectivity index (χ4v) is 2.45. The Bertz CT molecular complexity index is 797. The van der Waals surface area contributed by atoms with Crippen LogP contribution in [0, 0.1) is 0 Å². The van der Waals surface area contributed by atoms with E-state index >= 15 is 0 Å². The lowest BCUT2D eigenvalue weighted by atomic mass is 10.1.